The van der Waals surface area contributed by atoms with Crippen molar-refractivity contribution < 1.29 is 4.52 Å². The summed E-state index contributed by atoms with van der Waals surface area (Å²) in [5, 5.41) is 11.8. The molecule has 1 N–H and O–H groups in total. The SMILES string of the molecule is Cc1nc(CN2CCC[C@@H](NCCn3cccn3)C2)no1. The number of hydrogen-bond donors (Lipinski definition) is 1. The van der Waals surface area contributed by atoms with Crippen LogP contribution in [0.2, 0.25) is 0 Å². The molecule has 7 heteroatoms. The maximum atomic E-state index is 5.03. The molecule has 0 radical (unpaired) electrons. The van der Waals surface area contributed by atoms with E-state index >= 15 is 0 Å². The van der Waals surface area contributed by atoms with Gasteiger partial charge < -0.3 is 9.84 Å². The van der Waals surface area contributed by atoms with Crippen molar-refractivity contribution in [1.29, 1.82) is 0 Å². The van der Waals surface area contributed by atoms with Gasteiger partial charge in [-0.1, -0.05) is 5.16 Å². The molecule has 21 heavy (non-hydrogen) atoms. The summed E-state index contributed by atoms with van der Waals surface area (Å²) in [6.07, 6.45) is 6.24. The lowest BCUT2D eigenvalue weighted by Crippen LogP contribution is -2.46. The molecule has 0 amide bonds. The Hall–Kier alpha value is -1.73. The number of hydrogen-bond acceptors (Lipinski definition) is 6. The Labute approximate surface area is 124 Å². The molecule has 1 atom stereocenters. The highest BCUT2D eigenvalue weighted by Gasteiger charge is 2.20. The summed E-state index contributed by atoms with van der Waals surface area (Å²) < 4.78 is 6.98. The van der Waals surface area contributed by atoms with Crippen LogP contribution in [0.1, 0.15) is 24.6 Å². The summed E-state index contributed by atoms with van der Waals surface area (Å²) in [4.78, 5) is 6.66. The van der Waals surface area contributed by atoms with Gasteiger partial charge in [0.2, 0.25) is 5.89 Å². The van der Waals surface area contributed by atoms with Crippen LogP contribution in [0, 0.1) is 6.92 Å². The fourth-order valence-electron chi connectivity index (χ4n) is 2.79. The van der Waals surface area contributed by atoms with Crippen LogP contribution >= 0.6 is 0 Å². The Kier molecular flexibility index (Phi) is 4.62. The molecule has 0 spiro atoms. The van der Waals surface area contributed by atoms with Crippen LogP contribution in [-0.4, -0.2) is 50.5 Å². The fraction of sp³-hybridized carbons (Fsp3) is 0.643. The first kappa shape index (κ1) is 14.2. The van der Waals surface area contributed by atoms with Crippen molar-refractivity contribution in [2.45, 2.75) is 38.9 Å². The largest absolute Gasteiger partial charge is 0.340 e. The fourth-order valence-corrected chi connectivity index (χ4v) is 2.79. The molecule has 2 aromatic heterocycles. The van der Waals surface area contributed by atoms with Gasteiger partial charge in [-0.05, 0) is 25.5 Å². The van der Waals surface area contributed by atoms with E-state index in [1.807, 2.05) is 30.1 Å². The van der Waals surface area contributed by atoms with E-state index in [0.717, 1.165) is 38.5 Å². The van der Waals surface area contributed by atoms with Gasteiger partial charge in [0.05, 0.1) is 13.1 Å². The Bertz CT molecular complexity index is 537. The molecule has 2 aromatic rings. The highest BCUT2D eigenvalue weighted by Crippen LogP contribution is 2.12. The monoisotopic (exact) mass is 290 g/mol. The van der Waals surface area contributed by atoms with Crippen LogP contribution in [0.15, 0.2) is 23.0 Å². The van der Waals surface area contributed by atoms with E-state index in [1.54, 1.807) is 0 Å². The Morgan fingerprint density at radius 3 is 3.19 bits per heavy atom. The van der Waals surface area contributed by atoms with Gasteiger partial charge in [0.1, 0.15) is 0 Å². The summed E-state index contributed by atoms with van der Waals surface area (Å²) in [7, 11) is 0. The summed E-state index contributed by atoms with van der Waals surface area (Å²) in [6, 6.07) is 2.48. The molecule has 1 aliphatic heterocycles. The van der Waals surface area contributed by atoms with Gasteiger partial charge in [-0.2, -0.15) is 10.1 Å². The molecule has 1 aliphatic rings. The van der Waals surface area contributed by atoms with Gasteiger partial charge in [-0.15, -0.1) is 0 Å². The third kappa shape index (κ3) is 4.12. The second kappa shape index (κ2) is 6.82. The molecule has 114 valence electrons. The highest BCUT2D eigenvalue weighted by molar-refractivity contribution is 4.87. The van der Waals surface area contributed by atoms with E-state index in [4.69, 9.17) is 4.52 Å². The number of aryl methyl sites for hydroxylation is 1. The average Bonchev–Trinajstić information content (AvgIpc) is 3.11. The van der Waals surface area contributed by atoms with E-state index in [9.17, 15) is 0 Å². The molecule has 1 saturated heterocycles. The second-order valence-corrected chi connectivity index (χ2v) is 5.53. The van der Waals surface area contributed by atoms with Gasteiger partial charge in [0, 0.05) is 38.4 Å². The molecule has 1 fully saturated rings. The smallest absolute Gasteiger partial charge is 0.223 e. The van der Waals surface area contributed by atoms with Gasteiger partial charge in [-0.25, -0.2) is 0 Å². The Balaban J connectivity index is 1.42. The Morgan fingerprint density at radius 1 is 1.48 bits per heavy atom. The van der Waals surface area contributed by atoms with Crippen LogP contribution in [0.3, 0.4) is 0 Å². The first-order valence-electron chi connectivity index (χ1n) is 7.52. The number of aromatic nitrogens is 4. The lowest BCUT2D eigenvalue weighted by Gasteiger charge is -2.32. The van der Waals surface area contributed by atoms with Crippen molar-refractivity contribution in [2.24, 2.45) is 0 Å². The predicted molar refractivity (Wildman–Crippen MR) is 77.6 cm³/mol. The van der Waals surface area contributed by atoms with Gasteiger partial charge >= 0.3 is 0 Å². The molecule has 3 heterocycles. The number of likely N-dealkylation sites (tertiary alicyclic amines) is 1. The zero-order valence-corrected chi connectivity index (χ0v) is 12.4. The molecule has 0 aliphatic carbocycles. The van der Waals surface area contributed by atoms with Crippen molar-refractivity contribution in [2.75, 3.05) is 19.6 Å². The normalized spacial score (nSPS) is 20.0. The molecular weight excluding hydrogens is 268 g/mol. The molecule has 0 bridgehead atoms. The minimum absolute atomic E-state index is 0.530. The maximum absolute atomic E-state index is 5.03. The van der Waals surface area contributed by atoms with Crippen molar-refractivity contribution in [3.05, 3.63) is 30.2 Å². The quantitative estimate of drug-likeness (QED) is 0.849. The molecule has 0 saturated carbocycles. The van der Waals surface area contributed by atoms with Gasteiger partial charge in [0.25, 0.3) is 0 Å². The second-order valence-electron chi connectivity index (χ2n) is 5.53. The van der Waals surface area contributed by atoms with Crippen molar-refractivity contribution in [3.63, 3.8) is 0 Å². The number of nitrogens with one attached hydrogen (secondary N) is 1. The predicted octanol–water partition coefficient (Wildman–Crippen LogP) is 0.829. The number of piperidine rings is 1. The van der Waals surface area contributed by atoms with E-state index < -0.39 is 0 Å². The highest BCUT2D eigenvalue weighted by atomic mass is 16.5. The number of nitrogens with zero attached hydrogens (tertiary/aromatic N) is 5. The van der Waals surface area contributed by atoms with Gasteiger partial charge in [-0.3, -0.25) is 9.58 Å². The van der Waals surface area contributed by atoms with E-state index in [1.165, 1.54) is 12.8 Å². The molecular formula is C14H22N6O. The molecule has 0 unspecified atom stereocenters. The van der Waals surface area contributed by atoms with Crippen LogP contribution in [-0.2, 0) is 13.1 Å². The summed E-state index contributed by atoms with van der Waals surface area (Å²) in [6.45, 7) is 6.59. The van der Waals surface area contributed by atoms with Crippen molar-refractivity contribution >= 4 is 0 Å². The summed E-state index contributed by atoms with van der Waals surface area (Å²) in [5.74, 6) is 1.42. The Morgan fingerprint density at radius 2 is 2.43 bits per heavy atom. The van der Waals surface area contributed by atoms with Crippen LogP contribution < -0.4 is 5.32 Å². The zero-order valence-electron chi connectivity index (χ0n) is 12.4. The van der Waals surface area contributed by atoms with Crippen molar-refractivity contribution in [1.82, 2.24) is 30.1 Å². The van der Waals surface area contributed by atoms with E-state index in [0.29, 0.717) is 11.9 Å². The van der Waals surface area contributed by atoms with E-state index in [-0.39, 0.29) is 0 Å². The summed E-state index contributed by atoms with van der Waals surface area (Å²) >= 11 is 0. The summed E-state index contributed by atoms with van der Waals surface area (Å²) in [5.41, 5.74) is 0. The first-order chi connectivity index (χ1) is 10.3. The van der Waals surface area contributed by atoms with Gasteiger partial charge in [0.15, 0.2) is 5.82 Å². The first-order valence-corrected chi connectivity index (χ1v) is 7.52. The third-order valence-electron chi connectivity index (χ3n) is 3.77. The topological polar surface area (TPSA) is 72.0 Å². The average molecular weight is 290 g/mol. The standard InChI is InChI=1S/C14H22N6O/c1-12-17-14(18-21-12)11-19-7-2-4-13(10-19)15-6-9-20-8-3-5-16-20/h3,5,8,13,15H,2,4,6-7,9-11H2,1H3/t13-/m1/s1. The number of rotatable bonds is 6. The van der Waals surface area contributed by atoms with E-state index in [2.05, 4.69) is 25.5 Å². The van der Waals surface area contributed by atoms with Crippen molar-refractivity contribution in [3.8, 4) is 0 Å². The zero-order chi connectivity index (χ0) is 14.5. The lowest BCUT2D eigenvalue weighted by atomic mass is 10.1. The van der Waals surface area contributed by atoms with Crippen LogP contribution in [0.25, 0.3) is 0 Å². The van der Waals surface area contributed by atoms with Crippen LogP contribution in [0.4, 0.5) is 0 Å². The maximum Gasteiger partial charge on any atom is 0.223 e. The van der Waals surface area contributed by atoms with Crippen LogP contribution in [0.5, 0.6) is 0 Å². The minimum Gasteiger partial charge on any atom is -0.340 e. The minimum atomic E-state index is 0.530. The third-order valence-corrected chi connectivity index (χ3v) is 3.77. The molecule has 0 aromatic carbocycles. The molecule has 7 nitrogen and oxygen atoms in total. The molecule has 3 rings (SSSR count). The lowest BCUT2D eigenvalue weighted by molar-refractivity contribution is 0.177.